The van der Waals surface area contributed by atoms with E-state index in [2.05, 4.69) is 10.3 Å². The van der Waals surface area contributed by atoms with Crippen LogP contribution in [-0.2, 0) is 9.47 Å². The smallest absolute Gasteiger partial charge is 0.165 e. The first-order valence-corrected chi connectivity index (χ1v) is 4.90. The minimum Gasteiger partial charge on any atom is -0.376 e. The van der Waals surface area contributed by atoms with Gasteiger partial charge < -0.3 is 14.8 Å². The molecule has 1 aliphatic rings. The molecule has 1 aliphatic heterocycles. The number of pyridine rings is 1. The number of rotatable bonds is 3. The summed E-state index contributed by atoms with van der Waals surface area (Å²) in [7, 11) is 0. The highest BCUT2D eigenvalue weighted by atomic mass is 19.1. The number of aromatic nitrogens is 1. The van der Waals surface area contributed by atoms with Gasteiger partial charge in [-0.2, -0.15) is 0 Å². The van der Waals surface area contributed by atoms with Crippen LogP contribution >= 0.6 is 0 Å². The summed E-state index contributed by atoms with van der Waals surface area (Å²) in [6, 6.07) is 2.92. The van der Waals surface area contributed by atoms with E-state index in [1.807, 2.05) is 0 Å². The maximum atomic E-state index is 13.1. The van der Waals surface area contributed by atoms with Gasteiger partial charge in [0.1, 0.15) is 0 Å². The summed E-state index contributed by atoms with van der Waals surface area (Å²) in [5.41, 5.74) is 0. The molecule has 0 saturated carbocycles. The first-order valence-electron chi connectivity index (χ1n) is 4.90. The van der Waals surface area contributed by atoms with Gasteiger partial charge in [-0.1, -0.05) is 0 Å². The van der Waals surface area contributed by atoms with Gasteiger partial charge in [0.15, 0.2) is 11.6 Å². The predicted molar refractivity (Wildman–Crippen MR) is 53.2 cm³/mol. The van der Waals surface area contributed by atoms with Crippen LogP contribution in [0, 0.1) is 5.82 Å². The average molecular weight is 212 g/mol. The summed E-state index contributed by atoms with van der Waals surface area (Å²) in [6.45, 7) is 2.28. The van der Waals surface area contributed by atoms with Crippen molar-refractivity contribution in [2.24, 2.45) is 0 Å². The van der Waals surface area contributed by atoms with Gasteiger partial charge in [0, 0.05) is 12.7 Å². The molecule has 0 bridgehead atoms. The fourth-order valence-electron chi connectivity index (χ4n) is 1.38. The third-order valence-corrected chi connectivity index (χ3v) is 2.14. The van der Waals surface area contributed by atoms with Crippen LogP contribution < -0.4 is 5.32 Å². The molecule has 1 aromatic rings. The van der Waals surface area contributed by atoms with Gasteiger partial charge in [-0.15, -0.1) is 0 Å². The highest BCUT2D eigenvalue weighted by Crippen LogP contribution is 2.09. The van der Waals surface area contributed by atoms with E-state index in [1.165, 1.54) is 6.07 Å². The van der Waals surface area contributed by atoms with Gasteiger partial charge in [-0.25, -0.2) is 9.37 Å². The van der Waals surface area contributed by atoms with Crippen molar-refractivity contribution in [1.82, 2.24) is 4.98 Å². The fraction of sp³-hybridized carbons (Fsp3) is 0.500. The van der Waals surface area contributed by atoms with E-state index in [1.54, 1.807) is 12.3 Å². The zero-order valence-electron chi connectivity index (χ0n) is 8.28. The van der Waals surface area contributed by atoms with E-state index >= 15 is 0 Å². The van der Waals surface area contributed by atoms with Gasteiger partial charge in [0.25, 0.3) is 0 Å². The molecule has 0 aliphatic carbocycles. The molecule has 1 unspecified atom stereocenters. The summed E-state index contributed by atoms with van der Waals surface area (Å²) in [6.07, 6.45) is 1.52. The van der Waals surface area contributed by atoms with Crippen LogP contribution in [0.15, 0.2) is 18.3 Å². The summed E-state index contributed by atoms with van der Waals surface area (Å²) in [4.78, 5) is 3.88. The van der Waals surface area contributed by atoms with Crippen LogP contribution in [0.4, 0.5) is 10.2 Å². The van der Waals surface area contributed by atoms with E-state index in [9.17, 15) is 4.39 Å². The quantitative estimate of drug-likeness (QED) is 0.813. The molecule has 82 valence electrons. The second-order valence-electron chi connectivity index (χ2n) is 3.28. The van der Waals surface area contributed by atoms with Gasteiger partial charge in [-0.05, 0) is 12.1 Å². The number of anilines is 1. The highest BCUT2D eigenvalue weighted by molar-refractivity contribution is 5.35. The number of hydrogen-bond acceptors (Lipinski definition) is 4. The van der Waals surface area contributed by atoms with Crippen LogP contribution in [0.25, 0.3) is 0 Å². The van der Waals surface area contributed by atoms with Crippen molar-refractivity contribution >= 4 is 5.82 Å². The lowest BCUT2D eigenvalue weighted by Crippen LogP contribution is -2.34. The average Bonchev–Trinajstić information content (AvgIpc) is 2.29. The van der Waals surface area contributed by atoms with E-state index in [0.717, 1.165) is 0 Å². The Bertz CT molecular complexity index is 316. The van der Waals surface area contributed by atoms with Gasteiger partial charge in [0.2, 0.25) is 0 Å². The Kier molecular flexibility index (Phi) is 3.47. The normalized spacial score (nSPS) is 21.3. The molecule has 4 nitrogen and oxygen atoms in total. The van der Waals surface area contributed by atoms with Crippen LogP contribution in [-0.4, -0.2) is 37.5 Å². The lowest BCUT2D eigenvalue weighted by Gasteiger charge is -2.23. The van der Waals surface area contributed by atoms with Crippen molar-refractivity contribution in [1.29, 1.82) is 0 Å². The van der Waals surface area contributed by atoms with Crippen LogP contribution in [0.2, 0.25) is 0 Å². The standard InChI is InChI=1S/C10H13FN2O2/c11-9-2-1-3-12-10(9)13-6-8-7-14-4-5-15-8/h1-3,8H,4-7H2,(H,12,13). The molecular weight excluding hydrogens is 199 g/mol. The lowest BCUT2D eigenvalue weighted by atomic mass is 10.3. The molecule has 0 aromatic carbocycles. The molecule has 1 saturated heterocycles. The monoisotopic (exact) mass is 212 g/mol. The number of nitrogens with zero attached hydrogens (tertiary/aromatic N) is 1. The number of halogens is 1. The number of ether oxygens (including phenoxy) is 2. The maximum Gasteiger partial charge on any atom is 0.165 e. The lowest BCUT2D eigenvalue weighted by molar-refractivity contribution is -0.0819. The topological polar surface area (TPSA) is 43.4 Å². The van der Waals surface area contributed by atoms with Crippen LogP contribution in [0.3, 0.4) is 0 Å². The zero-order valence-corrected chi connectivity index (χ0v) is 8.28. The minimum absolute atomic E-state index is 0.0276. The molecule has 2 rings (SSSR count). The SMILES string of the molecule is Fc1cccnc1NCC1COCCO1. The summed E-state index contributed by atoms with van der Waals surface area (Å²) in [5.74, 6) is -0.0964. The van der Waals surface area contributed by atoms with E-state index in [-0.39, 0.29) is 17.7 Å². The number of nitrogens with one attached hydrogen (secondary N) is 1. The van der Waals surface area contributed by atoms with E-state index < -0.39 is 0 Å². The largest absolute Gasteiger partial charge is 0.376 e. The maximum absolute atomic E-state index is 13.1. The minimum atomic E-state index is -0.353. The Balaban J connectivity index is 1.84. The molecule has 0 amide bonds. The van der Waals surface area contributed by atoms with E-state index in [4.69, 9.17) is 9.47 Å². The summed E-state index contributed by atoms with van der Waals surface area (Å²) in [5, 5.41) is 2.89. The Morgan fingerprint density at radius 2 is 2.47 bits per heavy atom. The molecule has 5 heteroatoms. The Hall–Kier alpha value is -1.20. The Morgan fingerprint density at radius 1 is 1.53 bits per heavy atom. The van der Waals surface area contributed by atoms with E-state index in [0.29, 0.717) is 26.4 Å². The number of hydrogen-bond donors (Lipinski definition) is 1. The summed E-state index contributed by atoms with van der Waals surface area (Å²) < 4.78 is 23.8. The van der Waals surface area contributed by atoms with Crippen molar-refractivity contribution < 1.29 is 13.9 Å². The van der Waals surface area contributed by atoms with Crippen molar-refractivity contribution in [2.75, 3.05) is 31.7 Å². The first kappa shape index (κ1) is 10.3. The third-order valence-electron chi connectivity index (χ3n) is 2.14. The zero-order chi connectivity index (χ0) is 10.5. The highest BCUT2D eigenvalue weighted by Gasteiger charge is 2.14. The van der Waals surface area contributed by atoms with Crippen molar-refractivity contribution in [2.45, 2.75) is 6.10 Å². The summed E-state index contributed by atoms with van der Waals surface area (Å²) >= 11 is 0. The third kappa shape index (κ3) is 2.87. The first-order chi connectivity index (χ1) is 7.36. The molecule has 1 N–H and O–H groups in total. The van der Waals surface area contributed by atoms with Gasteiger partial charge >= 0.3 is 0 Å². The van der Waals surface area contributed by atoms with Crippen molar-refractivity contribution in [3.63, 3.8) is 0 Å². The molecule has 15 heavy (non-hydrogen) atoms. The Morgan fingerprint density at radius 3 is 3.20 bits per heavy atom. The molecule has 1 aromatic heterocycles. The molecule has 1 fully saturated rings. The van der Waals surface area contributed by atoms with Gasteiger partial charge in [0.05, 0.1) is 25.9 Å². The van der Waals surface area contributed by atoms with Crippen LogP contribution in [0.5, 0.6) is 0 Å². The predicted octanol–water partition coefficient (Wildman–Crippen LogP) is 1.05. The second kappa shape index (κ2) is 5.04. The molecule has 2 heterocycles. The van der Waals surface area contributed by atoms with Crippen LogP contribution in [0.1, 0.15) is 0 Å². The second-order valence-corrected chi connectivity index (χ2v) is 3.28. The van der Waals surface area contributed by atoms with Crippen molar-refractivity contribution in [3.8, 4) is 0 Å². The molecule has 1 atom stereocenters. The fourth-order valence-corrected chi connectivity index (χ4v) is 1.38. The van der Waals surface area contributed by atoms with Gasteiger partial charge in [-0.3, -0.25) is 0 Å². The Labute approximate surface area is 87.4 Å². The molecule has 0 spiro atoms. The van der Waals surface area contributed by atoms with Crippen molar-refractivity contribution in [3.05, 3.63) is 24.1 Å². The molecule has 0 radical (unpaired) electrons. The molecular formula is C10H13FN2O2.